The van der Waals surface area contributed by atoms with Crippen LogP contribution in [-0.2, 0) is 35.6 Å². The molecule has 0 atom stereocenters. The van der Waals surface area contributed by atoms with Crippen LogP contribution >= 0.6 is 0 Å². The molecule has 0 saturated carbocycles. The lowest BCUT2D eigenvalue weighted by Gasteiger charge is -2.22. The monoisotopic (exact) mass is 411 g/mol. The number of carboxylic acids is 1. The number of aromatic nitrogens is 1. The molecule has 0 spiro atoms. The van der Waals surface area contributed by atoms with E-state index in [0.717, 1.165) is 56.1 Å². The summed E-state index contributed by atoms with van der Waals surface area (Å²) in [5.41, 5.74) is 8.20. The van der Waals surface area contributed by atoms with Gasteiger partial charge in [-0.25, -0.2) is 0 Å². The molecule has 1 aromatic heterocycles. The molecule has 1 N–H and O–H groups in total. The number of pyridine rings is 1. The molecule has 4 aromatic rings. The van der Waals surface area contributed by atoms with Crippen LogP contribution in [0.2, 0.25) is 0 Å². The van der Waals surface area contributed by atoms with Crippen molar-refractivity contribution >= 4 is 27.6 Å². The molecule has 2 aliphatic rings. The third-order valence-corrected chi connectivity index (χ3v) is 6.53. The number of hydrogen-bond donors (Lipinski definition) is 1. The molecule has 3 aromatic carbocycles. The van der Waals surface area contributed by atoms with Crippen molar-refractivity contribution in [3.63, 3.8) is 0 Å². The lowest BCUT2D eigenvalue weighted by molar-refractivity contribution is -0.136. The first-order chi connectivity index (χ1) is 15.1. The molecule has 0 aliphatic carbocycles. The normalized spacial score (nSPS) is 14.6. The van der Waals surface area contributed by atoms with E-state index >= 15 is 0 Å². The van der Waals surface area contributed by atoms with Gasteiger partial charge < -0.3 is 14.6 Å². The molecular formula is C26H21NO4. The minimum atomic E-state index is -0.841. The highest BCUT2D eigenvalue weighted by Crippen LogP contribution is 2.43. The van der Waals surface area contributed by atoms with Crippen LogP contribution in [0.15, 0.2) is 42.6 Å². The molecular weight excluding hydrogens is 390 g/mol. The van der Waals surface area contributed by atoms with Crippen LogP contribution in [-0.4, -0.2) is 22.7 Å². The van der Waals surface area contributed by atoms with Crippen molar-refractivity contribution in [1.29, 1.82) is 0 Å². The van der Waals surface area contributed by atoms with E-state index in [9.17, 15) is 9.90 Å². The Morgan fingerprint density at radius 2 is 2.00 bits per heavy atom. The van der Waals surface area contributed by atoms with Gasteiger partial charge in [-0.2, -0.15) is 0 Å². The van der Waals surface area contributed by atoms with Crippen molar-refractivity contribution in [2.24, 2.45) is 0 Å². The molecule has 2 aliphatic heterocycles. The van der Waals surface area contributed by atoms with Gasteiger partial charge >= 0.3 is 5.97 Å². The van der Waals surface area contributed by atoms with Crippen LogP contribution in [0.4, 0.5) is 0 Å². The molecule has 5 heteroatoms. The Morgan fingerprint density at radius 3 is 2.87 bits per heavy atom. The maximum absolute atomic E-state index is 11.8. The zero-order valence-corrected chi connectivity index (χ0v) is 17.2. The van der Waals surface area contributed by atoms with E-state index in [1.807, 2.05) is 25.3 Å². The van der Waals surface area contributed by atoms with E-state index < -0.39 is 5.97 Å². The van der Waals surface area contributed by atoms with Gasteiger partial charge in [0, 0.05) is 23.6 Å². The molecule has 0 unspecified atom stereocenters. The Balaban J connectivity index is 1.75. The highest BCUT2D eigenvalue weighted by molar-refractivity contribution is 6.09. The second-order valence-electron chi connectivity index (χ2n) is 8.31. The third kappa shape index (κ3) is 2.73. The summed E-state index contributed by atoms with van der Waals surface area (Å²) in [6.07, 6.45) is 2.65. The van der Waals surface area contributed by atoms with E-state index in [-0.39, 0.29) is 6.42 Å². The average Bonchev–Trinajstić information content (AvgIpc) is 3.25. The number of nitrogens with zero attached hydrogens (tertiary/aromatic N) is 1. The summed E-state index contributed by atoms with van der Waals surface area (Å²) in [6, 6.07) is 12.4. The Morgan fingerprint density at radius 1 is 1.10 bits per heavy atom. The molecule has 31 heavy (non-hydrogen) atoms. The molecule has 0 radical (unpaired) electrons. The number of rotatable bonds is 3. The van der Waals surface area contributed by atoms with Crippen LogP contribution in [0.3, 0.4) is 0 Å². The van der Waals surface area contributed by atoms with Gasteiger partial charge in [0.1, 0.15) is 5.75 Å². The van der Waals surface area contributed by atoms with E-state index in [2.05, 4.69) is 24.3 Å². The van der Waals surface area contributed by atoms with Gasteiger partial charge in [0.25, 0.3) is 0 Å². The SMILES string of the molecule is Cc1cc2c3c(ccc2c(-c2ccc4c5c(ccnc25)CCO4)c1CC(=O)O)COC3. The molecule has 0 fully saturated rings. The topological polar surface area (TPSA) is 68.7 Å². The summed E-state index contributed by atoms with van der Waals surface area (Å²) >= 11 is 0. The van der Waals surface area contributed by atoms with Crippen molar-refractivity contribution in [1.82, 2.24) is 4.98 Å². The number of carbonyl (C=O) groups is 1. The first-order valence-electron chi connectivity index (χ1n) is 10.5. The minimum Gasteiger partial charge on any atom is -0.493 e. The average molecular weight is 411 g/mol. The first kappa shape index (κ1) is 18.3. The fourth-order valence-corrected chi connectivity index (χ4v) is 5.11. The number of hydrogen-bond acceptors (Lipinski definition) is 4. The smallest absolute Gasteiger partial charge is 0.307 e. The minimum absolute atomic E-state index is 0.0376. The van der Waals surface area contributed by atoms with E-state index in [4.69, 9.17) is 14.5 Å². The van der Waals surface area contributed by atoms with E-state index in [1.165, 1.54) is 16.7 Å². The highest BCUT2D eigenvalue weighted by Gasteiger charge is 2.24. The maximum Gasteiger partial charge on any atom is 0.307 e. The molecule has 0 bridgehead atoms. The Kier molecular flexibility index (Phi) is 4.02. The number of benzene rings is 3. The van der Waals surface area contributed by atoms with Gasteiger partial charge in [0.05, 0.1) is 31.8 Å². The number of fused-ring (bicyclic) bond motifs is 3. The molecule has 6 rings (SSSR count). The lowest BCUT2D eigenvalue weighted by Crippen LogP contribution is -2.10. The Bertz CT molecular complexity index is 1400. The molecule has 3 heterocycles. The maximum atomic E-state index is 11.8. The fraction of sp³-hybridized carbons (Fsp3) is 0.231. The third-order valence-electron chi connectivity index (χ3n) is 6.53. The Hall–Kier alpha value is -3.44. The van der Waals surface area contributed by atoms with Crippen molar-refractivity contribution < 1.29 is 19.4 Å². The summed E-state index contributed by atoms with van der Waals surface area (Å²) in [4.78, 5) is 16.5. The molecule has 0 amide bonds. The number of aryl methyl sites for hydroxylation is 1. The van der Waals surface area contributed by atoms with Crippen LogP contribution in [0.5, 0.6) is 5.75 Å². The quantitative estimate of drug-likeness (QED) is 0.516. The summed E-state index contributed by atoms with van der Waals surface area (Å²) in [5, 5.41) is 12.9. The Labute approximate surface area is 179 Å². The van der Waals surface area contributed by atoms with Gasteiger partial charge in [-0.1, -0.05) is 18.2 Å². The number of ether oxygens (including phenoxy) is 2. The summed E-state index contributed by atoms with van der Waals surface area (Å²) in [6.45, 7) is 3.86. The van der Waals surface area contributed by atoms with Crippen molar-refractivity contribution in [2.45, 2.75) is 33.0 Å². The second-order valence-corrected chi connectivity index (χ2v) is 8.31. The fourth-order valence-electron chi connectivity index (χ4n) is 5.11. The second kappa shape index (κ2) is 6.79. The molecule has 0 saturated heterocycles. The predicted octanol–water partition coefficient (Wildman–Crippen LogP) is 4.96. The standard InChI is InChI=1S/C26H21NO4/c1-14-10-20-17(3-2-16-12-30-13-21(16)20)25(19(14)11-23(28)29)18-4-5-22-24-15(7-9-31-22)6-8-27-26(18)24/h2-6,8,10H,7,9,11-13H2,1H3,(H,28,29). The lowest BCUT2D eigenvalue weighted by atomic mass is 9.85. The van der Waals surface area contributed by atoms with Crippen LogP contribution in [0.1, 0.15) is 27.8 Å². The van der Waals surface area contributed by atoms with Gasteiger partial charge in [-0.05, 0) is 69.3 Å². The molecule has 5 nitrogen and oxygen atoms in total. The highest BCUT2D eigenvalue weighted by atomic mass is 16.5. The van der Waals surface area contributed by atoms with Crippen molar-refractivity contribution in [3.05, 3.63) is 70.4 Å². The van der Waals surface area contributed by atoms with Crippen LogP contribution in [0, 0.1) is 6.92 Å². The largest absolute Gasteiger partial charge is 0.493 e. The van der Waals surface area contributed by atoms with Crippen molar-refractivity contribution in [3.8, 4) is 16.9 Å². The zero-order chi connectivity index (χ0) is 21.1. The van der Waals surface area contributed by atoms with Gasteiger partial charge in [-0.15, -0.1) is 0 Å². The van der Waals surface area contributed by atoms with E-state index in [0.29, 0.717) is 19.8 Å². The number of carboxylic acid groups (broad SMARTS) is 1. The van der Waals surface area contributed by atoms with E-state index in [1.54, 1.807) is 0 Å². The predicted molar refractivity (Wildman–Crippen MR) is 118 cm³/mol. The zero-order valence-electron chi connectivity index (χ0n) is 17.2. The van der Waals surface area contributed by atoms with Crippen molar-refractivity contribution in [2.75, 3.05) is 6.61 Å². The number of aliphatic carboxylic acids is 1. The van der Waals surface area contributed by atoms with Gasteiger partial charge in [0.2, 0.25) is 0 Å². The van der Waals surface area contributed by atoms with Crippen LogP contribution < -0.4 is 4.74 Å². The summed E-state index contributed by atoms with van der Waals surface area (Å²) in [5.74, 6) is 0.00588. The first-order valence-corrected chi connectivity index (χ1v) is 10.5. The molecule has 154 valence electrons. The summed E-state index contributed by atoms with van der Waals surface area (Å²) in [7, 11) is 0. The van der Waals surface area contributed by atoms with Gasteiger partial charge in [-0.3, -0.25) is 9.78 Å². The van der Waals surface area contributed by atoms with Crippen LogP contribution in [0.25, 0.3) is 32.8 Å². The summed E-state index contributed by atoms with van der Waals surface area (Å²) < 4.78 is 11.6. The van der Waals surface area contributed by atoms with Gasteiger partial charge in [0.15, 0.2) is 0 Å².